The van der Waals surface area contributed by atoms with Gasteiger partial charge in [0.05, 0.1) is 7.11 Å². The van der Waals surface area contributed by atoms with Crippen molar-refractivity contribution in [2.45, 2.75) is 6.92 Å². The second kappa shape index (κ2) is 11.0. The number of carbonyl (C=O) groups excluding carboxylic acids is 3. The van der Waals surface area contributed by atoms with Crippen LogP contribution in [0.15, 0.2) is 97.1 Å². The van der Waals surface area contributed by atoms with Crippen LogP contribution >= 0.6 is 0 Å². The van der Waals surface area contributed by atoms with Gasteiger partial charge in [-0.1, -0.05) is 17.7 Å². The molecule has 7 nitrogen and oxygen atoms in total. The Hall–Kier alpha value is -4.91. The fourth-order valence-corrected chi connectivity index (χ4v) is 3.48. The second-order valence-corrected chi connectivity index (χ2v) is 8.12. The lowest BCUT2D eigenvalue weighted by molar-refractivity contribution is 0.101. The monoisotopic (exact) mass is 479 g/mol. The van der Waals surface area contributed by atoms with Crippen molar-refractivity contribution in [1.82, 2.24) is 0 Å². The number of nitrogens with one attached hydrogen (secondary N) is 3. The number of anilines is 3. The average Bonchev–Trinajstić information content (AvgIpc) is 2.90. The van der Waals surface area contributed by atoms with Crippen molar-refractivity contribution in [3.8, 4) is 5.75 Å². The Bertz CT molecular complexity index is 1380. The highest BCUT2D eigenvalue weighted by atomic mass is 16.5. The van der Waals surface area contributed by atoms with Crippen molar-refractivity contribution in [2.24, 2.45) is 0 Å². The number of benzene rings is 4. The summed E-state index contributed by atoms with van der Waals surface area (Å²) in [6, 6.07) is 27.6. The Morgan fingerprint density at radius 3 is 1.39 bits per heavy atom. The quantitative estimate of drug-likeness (QED) is 0.314. The van der Waals surface area contributed by atoms with Gasteiger partial charge in [-0.2, -0.15) is 0 Å². The van der Waals surface area contributed by atoms with Crippen LogP contribution in [0.4, 0.5) is 17.1 Å². The lowest BCUT2D eigenvalue weighted by atomic mass is 10.1. The van der Waals surface area contributed by atoms with E-state index in [0.29, 0.717) is 39.5 Å². The molecule has 0 aliphatic rings. The predicted molar refractivity (Wildman–Crippen MR) is 141 cm³/mol. The first kappa shape index (κ1) is 24.2. The van der Waals surface area contributed by atoms with Gasteiger partial charge in [0.1, 0.15) is 5.75 Å². The summed E-state index contributed by atoms with van der Waals surface area (Å²) in [7, 11) is 1.58. The van der Waals surface area contributed by atoms with Crippen molar-refractivity contribution in [3.05, 3.63) is 119 Å². The van der Waals surface area contributed by atoms with Gasteiger partial charge in [-0.3, -0.25) is 14.4 Å². The van der Waals surface area contributed by atoms with Crippen LogP contribution in [-0.2, 0) is 0 Å². The Morgan fingerprint density at radius 2 is 0.972 bits per heavy atom. The van der Waals surface area contributed by atoms with Crippen LogP contribution in [0.5, 0.6) is 5.75 Å². The Kier molecular flexibility index (Phi) is 7.41. The topological polar surface area (TPSA) is 96.5 Å². The van der Waals surface area contributed by atoms with Crippen molar-refractivity contribution in [1.29, 1.82) is 0 Å². The Labute approximate surface area is 209 Å². The van der Waals surface area contributed by atoms with Gasteiger partial charge in [-0.25, -0.2) is 0 Å². The predicted octanol–water partition coefficient (Wildman–Crippen LogP) is 5.76. The van der Waals surface area contributed by atoms with E-state index in [0.717, 1.165) is 5.56 Å². The van der Waals surface area contributed by atoms with Crippen LogP contribution in [0.25, 0.3) is 0 Å². The molecule has 180 valence electrons. The van der Waals surface area contributed by atoms with E-state index in [2.05, 4.69) is 16.0 Å². The van der Waals surface area contributed by atoms with E-state index < -0.39 is 0 Å². The number of hydrogen-bond acceptors (Lipinski definition) is 4. The van der Waals surface area contributed by atoms with Crippen LogP contribution in [0.2, 0.25) is 0 Å². The number of carbonyl (C=O) groups is 3. The summed E-state index contributed by atoms with van der Waals surface area (Å²) < 4.78 is 5.11. The van der Waals surface area contributed by atoms with Crippen LogP contribution in [0.1, 0.15) is 36.6 Å². The first-order valence-electron chi connectivity index (χ1n) is 11.3. The molecule has 3 N–H and O–H groups in total. The molecule has 0 spiro atoms. The summed E-state index contributed by atoms with van der Waals surface area (Å²) in [6.45, 7) is 1.93. The van der Waals surface area contributed by atoms with Gasteiger partial charge in [0.2, 0.25) is 0 Å². The molecule has 0 saturated carbocycles. The van der Waals surface area contributed by atoms with Crippen molar-refractivity contribution in [3.63, 3.8) is 0 Å². The van der Waals surface area contributed by atoms with Gasteiger partial charge in [-0.05, 0) is 91.9 Å². The molecule has 0 heterocycles. The van der Waals surface area contributed by atoms with Gasteiger partial charge in [0.15, 0.2) is 0 Å². The largest absolute Gasteiger partial charge is 0.497 e. The number of hydrogen-bond donors (Lipinski definition) is 3. The lowest BCUT2D eigenvalue weighted by Gasteiger charge is -2.09. The molecule has 4 aromatic carbocycles. The molecule has 0 fully saturated rings. The molecule has 0 aliphatic heterocycles. The third kappa shape index (κ3) is 6.15. The van der Waals surface area contributed by atoms with Gasteiger partial charge in [-0.15, -0.1) is 0 Å². The average molecular weight is 480 g/mol. The summed E-state index contributed by atoms with van der Waals surface area (Å²) in [5, 5.41) is 8.45. The first-order chi connectivity index (χ1) is 17.4. The molecule has 0 aromatic heterocycles. The molecule has 0 aliphatic carbocycles. The first-order valence-corrected chi connectivity index (χ1v) is 11.3. The molecule has 36 heavy (non-hydrogen) atoms. The molecule has 4 rings (SSSR count). The minimum atomic E-state index is -0.304. The molecule has 0 saturated heterocycles. The zero-order chi connectivity index (χ0) is 25.5. The molecular weight excluding hydrogens is 454 g/mol. The van der Waals surface area contributed by atoms with Gasteiger partial charge in [0, 0.05) is 33.8 Å². The number of ether oxygens (including phenoxy) is 1. The van der Waals surface area contributed by atoms with Crippen LogP contribution < -0.4 is 20.7 Å². The maximum Gasteiger partial charge on any atom is 0.255 e. The highest BCUT2D eigenvalue weighted by molar-refractivity contribution is 6.07. The van der Waals surface area contributed by atoms with Gasteiger partial charge >= 0.3 is 0 Å². The second-order valence-electron chi connectivity index (χ2n) is 8.12. The normalized spacial score (nSPS) is 10.3. The number of amides is 3. The maximum absolute atomic E-state index is 12.6. The minimum absolute atomic E-state index is 0.216. The molecule has 3 amide bonds. The molecule has 7 heteroatoms. The van der Waals surface area contributed by atoms with Crippen LogP contribution in [-0.4, -0.2) is 24.8 Å². The fourth-order valence-electron chi connectivity index (χ4n) is 3.48. The molecule has 0 atom stereocenters. The number of rotatable bonds is 7. The van der Waals surface area contributed by atoms with E-state index in [1.165, 1.54) is 0 Å². The third-order valence-electron chi connectivity index (χ3n) is 5.44. The number of methoxy groups -OCH3 is 1. The summed E-state index contributed by atoms with van der Waals surface area (Å²) in [4.78, 5) is 37.5. The highest BCUT2D eigenvalue weighted by Gasteiger charge is 2.10. The summed E-state index contributed by atoms with van der Waals surface area (Å²) >= 11 is 0. The zero-order valence-electron chi connectivity index (χ0n) is 19.9. The number of aryl methyl sites for hydroxylation is 1. The molecule has 0 radical (unpaired) electrons. The summed E-state index contributed by atoms with van der Waals surface area (Å²) in [5.74, 6) is -0.0786. The molecular formula is C29H25N3O4. The van der Waals surface area contributed by atoms with E-state index in [1.54, 1.807) is 86.0 Å². The lowest BCUT2D eigenvalue weighted by Crippen LogP contribution is -2.14. The molecule has 4 aromatic rings. The minimum Gasteiger partial charge on any atom is -0.497 e. The van der Waals surface area contributed by atoms with Gasteiger partial charge < -0.3 is 20.7 Å². The molecule has 0 bridgehead atoms. The van der Waals surface area contributed by atoms with Crippen LogP contribution in [0.3, 0.4) is 0 Å². The van der Waals surface area contributed by atoms with Gasteiger partial charge in [0.25, 0.3) is 17.7 Å². The van der Waals surface area contributed by atoms with E-state index in [4.69, 9.17) is 4.74 Å². The SMILES string of the molecule is COc1ccc(NC(=O)c2ccc(NC(=O)c3ccc(NC(=O)c4cccc(C)c4)cc3)cc2)cc1. The van der Waals surface area contributed by atoms with Crippen molar-refractivity contribution in [2.75, 3.05) is 23.1 Å². The van der Waals surface area contributed by atoms with E-state index in [1.807, 2.05) is 25.1 Å². The Morgan fingerprint density at radius 1 is 0.556 bits per heavy atom. The summed E-state index contributed by atoms with van der Waals surface area (Å²) in [5.41, 5.74) is 4.25. The van der Waals surface area contributed by atoms with E-state index >= 15 is 0 Å². The smallest absolute Gasteiger partial charge is 0.255 e. The van der Waals surface area contributed by atoms with E-state index in [9.17, 15) is 14.4 Å². The van der Waals surface area contributed by atoms with E-state index in [-0.39, 0.29) is 17.7 Å². The molecule has 0 unspecified atom stereocenters. The zero-order valence-corrected chi connectivity index (χ0v) is 19.9. The third-order valence-corrected chi connectivity index (χ3v) is 5.44. The van der Waals surface area contributed by atoms with Crippen molar-refractivity contribution < 1.29 is 19.1 Å². The van der Waals surface area contributed by atoms with Crippen molar-refractivity contribution >= 4 is 34.8 Å². The van der Waals surface area contributed by atoms with Crippen LogP contribution in [0, 0.1) is 6.92 Å². The maximum atomic E-state index is 12.6. The standard InChI is InChI=1S/C29H25N3O4/c1-19-4-3-5-22(18-19)29(35)32-24-12-8-20(9-13-24)27(33)30-23-10-6-21(7-11-23)28(34)31-25-14-16-26(36-2)17-15-25/h3-18H,1-2H3,(H,30,33)(H,31,34)(H,32,35). The Balaban J connectivity index is 1.33. The fraction of sp³-hybridized carbons (Fsp3) is 0.0690. The summed E-state index contributed by atoms with van der Waals surface area (Å²) in [6.07, 6.45) is 0. The highest BCUT2D eigenvalue weighted by Crippen LogP contribution is 2.18.